The average molecular weight is 280 g/mol. The molecule has 1 heterocycles. The van der Waals surface area contributed by atoms with Crippen molar-refractivity contribution in [3.8, 4) is 0 Å². The third kappa shape index (κ3) is 3.86. The molecule has 2 aromatic rings. The number of thiophene rings is 1. The molecule has 1 aromatic heterocycles. The summed E-state index contributed by atoms with van der Waals surface area (Å²) in [5, 5.41) is 7.69. The van der Waals surface area contributed by atoms with Crippen LogP contribution in [0.3, 0.4) is 0 Å². The minimum absolute atomic E-state index is 0.0123. The largest absolute Gasteiger partial charge is 0.355 e. The Kier molecular flexibility index (Phi) is 4.79. The van der Waals surface area contributed by atoms with Crippen LogP contribution in [0.4, 0.5) is 0 Å². The first-order chi connectivity index (χ1) is 8.75. The first kappa shape index (κ1) is 13.1. The molecule has 1 N–H and O–H groups in total. The zero-order chi connectivity index (χ0) is 12.8. The highest BCUT2D eigenvalue weighted by Crippen LogP contribution is 2.15. The van der Waals surface area contributed by atoms with E-state index >= 15 is 0 Å². The van der Waals surface area contributed by atoms with Crippen molar-refractivity contribution in [1.82, 2.24) is 5.32 Å². The van der Waals surface area contributed by atoms with Crippen LogP contribution >= 0.6 is 22.9 Å². The molecule has 0 saturated heterocycles. The molecular formula is C14H14ClNOS. The number of hydrogen-bond donors (Lipinski definition) is 1. The Labute approximate surface area is 116 Å². The Hall–Kier alpha value is -1.32. The number of rotatable bonds is 5. The molecule has 94 valence electrons. The molecule has 0 radical (unpaired) electrons. The van der Waals surface area contributed by atoms with Gasteiger partial charge in [0.05, 0.1) is 6.42 Å². The van der Waals surface area contributed by atoms with E-state index in [2.05, 4.69) is 16.8 Å². The highest BCUT2D eigenvalue weighted by molar-refractivity contribution is 7.07. The van der Waals surface area contributed by atoms with Gasteiger partial charge in [0.25, 0.3) is 0 Å². The van der Waals surface area contributed by atoms with Gasteiger partial charge in [-0.05, 0) is 40.4 Å². The van der Waals surface area contributed by atoms with Crippen LogP contribution in [0, 0.1) is 0 Å². The van der Waals surface area contributed by atoms with Gasteiger partial charge in [-0.15, -0.1) is 0 Å². The van der Waals surface area contributed by atoms with E-state index in [4.69, 9.17) is 11.6 Å². The minimum Gasteiger partial charge on any atom is -0.355 e. The monoisotopic (exact) mass is 279 g/mol. The van der Waals surface area contributed by atoms with E-state index in [1.807, 2.05) is 23.6 Å². The van der Waals surface area contributed by atoms with Crippen molar-refractivity contribution in [3.05, 3.63) is 57.2 Å². The fourth-order valence-corrected chi connectivity index (χ4v) is 2.56. The van der Waals surface area contributed by atoms with Crippen molar-refractivity contribution in [3.63, 3.8) is 0 Å². The van der Waals surface area contributed by atoms with Crippen molar-refractivity contribution in [2.75, 3.05) is 6.54 Å². The van der Waals surface area contributed by atoms with Crippen LogP contribution in [0.25, 0.3) is 0 Å². The van der Waals surface area contributed by atoms with Gasteiger partial charge in [0.2, 0.25) is 5.91 Å². The van der Waals surface area contributed by atoms with Crippen molar-refractivity contribution in [2.24, 2.45) is 0 Å². The minimum atomic E-state index is 0.0123. The molecule has 0 bridgehead atoms. The fraction of sp³-hybridized carbons (Fsp3) is 0.214. The van der Waals surface area contributed by atoms with E-state index in [9.17, 15) is 4.79 Å². The molecule has 0 saturated carbocycles. The van der Waals surface area contributed by atoms with Crippen molar-refractivity contribution < 1.29 is 4.79 Å². The van der Waals surface area contributed by atoms with E-state index in [1.54, 1.807) is 17.4 Å². The Morgan fingerprint density at radius 1 is 1.28 bits per heavy atom. The van der Waals surface area contributed by atoms with E-state index in [0.717, 1.165) is 12.0 Å². The maximum Gasteiger partial charge on any atom is 0.224 e. The van der Waals surface area contributed by atoms with Crippen molar-refractivity contribution >= 4 is 28.8 Å². The Morgan fingerprint density at radius 2 is 2.11 bits per heavy atom. The van der Waals surface area contributed by atoms with Crippen molar-refractivity contribution in [1.29, 1.82) is 0 Å². The zero-order valence-corrected chi connectivity index (χ0v) is 11.4. The number of benzene rings is 1. The molecule has 1 aromatic carbocycles. The smallest absolute Gasteiger partial charge is 0.224 e. The normalized spacial score (nSPS) is 10.3. The summed E-state index contributed by atoms with van der Waals surface area (Å²) in [5.74, 6) is 0.0123. The van der Waals surface area contributed by atoms with Crippen LogP contribution in [0.5, 0.6) is 0 Å². The number of hydrogen-bond acceptors (Lipinski definition) is 2. The van der Waals surface area contributed by atoms with Gasteiger partial charge in [-0.25, -0.2) is 0 Å². The van der Waals surface area contributed by atoms with Gasteiger partial charge in [-0.2, -0.15) is 11.3 Å². The Balaban J connectivity index is 1.77. The number of halogens is 1. The maximum atomic E-state index is 11.7. The molecule has 0 spiro atoms. The van der Waals surface area contributed by atoms with E-state index < -0.39 is 0 Å². The summed E-state index contributed by atoms with van der Waals surface area (Å²) >= 11 is 7.68. The fourth-order valence-electron chi connectivity index (χ4n) is 1.66. The number of nitrogens with one attached hydrogen (secondary N) is 1. The summed E-state index contributed by atoms with van der Waals surface area (Å²) < 4.78 is 0. The van der Waals surface area contributed by atoms with Gasteiger partial charge in [0.1, 0.15) is 0 Å². The summed E-state index contributed by atoms with van der Waals surface area (Å²) in [6, 6.07) is 9.50. The van der Waals surface area contributed by atoms with Gasteiger partial charge < -0.3 is 5.32 Å². The molecule has 2 nitrogen and oxygen atoms in total. The standard InChI is InChI=1S/C14H14ClNOS/c15-13-4-2-1-3-12(13)9-14(17)16-7-5-11-6-8-18-10-11/h1-4,6,8,10H,5,7,9H2,(H,16,17). The first-order valence-corrected chi connectivity index (χ1v) is 7.09. The number of amides is 1. The molecule has 0 fully saturated rings. The second-order valence-electron chi connectivity index (χ2n) is 4.00. The molecule has 0 atom stereocenters. The zero-order valence-electron chi connectivity index (χ0n) is 9.86. The highest BCUT2D eigenvalue weighted by Gasteiger charge is 2.05. The van der Waals surface area contributed by atoms with E-state index in [1.165, 1.54) is 5.56 Å². The molecular weight excluding hydrogens is 266 g/mol. The molecule has 18 heavy (non-hydrogen) atoms. The third-order valence-electron chi connectivity index (χ3n) is 2.62. The summed E-state index contributed by atoms with van der Waals surface area (Å²) in [5.41, 5.74) is 2.13. The topological polar surface area (TPSA) is 29.1 Å². The molecule has 0 unspecified atom stereocenters. The lowest BCUT2D eigenvalue weighted by atomic mass is 10.1. The van der Waals surface area contributed by atoms with Crippen LogP contribution in [-0.4, -0.2) is 12.5 Å². The molecule has 2 rings (SSSR count). The number of carbonyl (C=O) groups is 1. The Morgan fingerprint density at radius 3 is 2.83 bits per heavy atom. The molecule has 0 aliphatic carbocycles. The maximum absolute atomic E-state index is 11.7. The second-order valence-corrected chi connectivity index (χ2v) is 5.19. The lowest BCUT2D eigenvalue weighted by Gasteiger charge is -2.05. The highest BCUT2D eigenvalue weighted by atomic mass is 35.5. The summed E-state index contributed by atoms with van der Waals surface area (Å²) in [6.07, 6.45) is 1.21. The summed E-state index contributed by atoms with van der Waals surface area (Å²) in [4.78, 5) is 11.7. The summed E-state index contributed by atoms with van der Waals surface area (Å²) in [6.45, 7) is 0.667. The first-order valence-electron chi connectivity index (χ1n) is 5.77. The van der Waals surface area contributed by atoms with E-state index in [-0.39, 0.29) is 5.91 Å². The lowest BCUT2D eigenvalue weighted by molar-refractivity contribution is -0.120. The van der Waals surface area contributed by atoms with Crippen LogP contribution in [0.1, 0.15) is 11.1 Å². The Bertz CT molecular complexity index is 510. The quantitative estimate of drug-likeness (QED) is 0.894. The average Bonchev–Trinajstić information content (AvgIpc) is 2.85. The molecule has 0 aliphatic heterocycles. The third-order valence-corrected chi connectivity index (χ3v) is 3.73. The van der Waals surface area contributed by atoms with Crippen LogP contribution < -0.4 is 5.32 Å². The number of carbonyl (C=O) groups excluding carboxylic acids is 1. The lowest BCUT2D eigenvalue weighted by Crippen LogP contribution is -2.27. The van der Waals surface area contributed by atoms with E-state index in [0.29, 0.717) is 18.0 Å². The van der Waals surface area contributed by atoms with Gasteiger partial charge in [0, 0.05) is 11.6 Å². The van der Waals surface area contributed by atoms with Gasteiger partial charge in [-0.1, -0.05) is 29.8 Å². The molecule has 4 heteroatoms. The van der Waals surface area contributed by atoms with Crippen LogP contribution in [0.2, 0.25) is 5.02 Å². The van der Waals surface area contributed by atoms with Crippen LogP contribution in [0.15, 0.2) is 41.1 Å². The van der Waals surface area contributed by atoms with Crippen LogP contribution in [-0.2, 0) is 17.6 Å². The predicted octanol–water partition coefficient (Wildman–Crippen LogP) is 3.30. The SMILES string of the molecule is O=C(Cc1ccccc1Cl)NCCc1ccsc1. The second kappa shape index (κ2) is 6.57. The van der Waals surface area contributed by atoms with Gasteiger partial charge >= 0.3 is 0 Å². The summed E-state index contributed by atoms with van der Waals surface area (Å²) in [7, 11) is 0. The molecule has 1 amide bonds. The van der Waals surface area contributed by atoms with Gasteiger partial charge in [-0.3, -0.25) is 4.79 Å². The predicted molar refractivity (Wildman–Crippen MR) is 76.2 cm³/mol. The molecule has 0 aliphatic rings. The van der Waals surface area contributed by atoms with Gasteiger partial charge in [0.15, 0.2) is 0 Å². The van der Waals surface area contributed by atoms with Crippen molar-refractivity contribution in [2.45, 2.75) is 12.8 Å².